The number of carbonyl (C=O) groups is 1. The molecular formula is C22H23N5O3. The number of hydrogen-bond acceptors (Lipinski definition) is 6. The van der Waals surface area contributed by atoms with Crippen molar-refractivity contribution in [1.82, 2.24) is 24.8 Å². The molecule has 30 heavy (non-hydrogen) atoms. The Bertz CT molecular complexity index is 1080. The monoisotopic (exact) mass is 405 g/mol. The number of carbonyl (C=O) groups excluding carboxylic acids is 1. The second-order valence-corrected chi connectivity index (χ2v) is 7.09. The normalized spacial score (nSPS) is 14.5. The topological polar surface area (TPSA) is 101 Å². The Kier molecular flexibility index (Phi) is 5.83. The van der Waals surface area contributed by atoms with Crippen LogP contribution in [-0.4, -0.2) is 50.4 Å². The van der Waals surface area contributed by atoms with Crippen LogP contribution < -0.4 is 10.3 Å². The van der Waals surface area contributed by atoms with Gasteiger partial charge in [0, 0.05) is 37.5 Å². The van der Waals surface area contributed by atoms with Crippen molar-refractivity contribution in [2.24, 2.45) is 0 Å². The fourth-order valence-corrected chi connectivity index (χ4v) is 3.65. The van der Waals surface area contributed by atoms with Crippen molar-refractivity contribution in [1.29, 1.82) is 0 Å². The smallest absolute Gasteiger partial charge is 0.259 e. The highest BCUT2D eigenvalue weighted by Crippen LogP contribution is 2.28. The maximum absolute atomic E-state index is 13.0. The van der Waals surface area contributed by atoms with Crippen molar-refractivity contribution >= 4 is 5.91 Å². The van der Waals surface area contributed by atoms with Gasteiger partial charge in [-0.15, -0.1) is 0 Å². The molecule has 8 heteroatoms. The lowest BCUT2D eigenvalue weighted by atomic mass is 9.95. The molecule has 3 aromatic rings. The van der Waals surface area contributed by atoms with E-state index in [4.69, 9.17) is 4.74 Å². The Morgan fingerprint density at radius 2 is 1.93 bits per heavy atom. The first-order valence-corrected chi connectivity index (χ1v) is 10.1. The molecule has 4 heterocycles. The number of rotatable bonds is 5. The number of nitrogens with one attached hydrogen (secondary N) is 1. The number of amides is 1. The van der Waals surface area contributed by atoms with Crippen molar-refractivity contribution in [2.75, 3.05) is 19.7 Å². The van der Waals surface area contributed by atoms with Gasteiger partial charge in [-0.3, -0.25) is 14.6 Å². The standard InChI is InChI=1S/C22H23N5O3/c1-2-30-21-16(6-5-11-24-21)22(29)27-12-8-15(9-13-27)20-25-18(14-19(28)26-20)17-7-3-4-10-23-17/h3-7,10-11,14-15H,2,8-9,12-13H2,1H3,(H,25,26,28). The highest BCUT2D eigenvalue weighted by atomic mass is 16.5. The zero-order valence-corrected chi connectivity index (χ0v) is 16.7. The van der Waals surface area contributed by atoms with Crippen LogP contribution in [0.3, 0.4) is 0 Å². The predicted molar refractivity (Wildman–Crippen MR) is 111 cm³/mol. The average molecular weight is 405 g/mol. The van der Waals surface area contributed by atoms with E-state index in [2.05, 4.69) is 19.9 Å². The summed E-state index contributed by atoms with van der Waals surface area (Å²) < 4.78 is 5.49. The molecule has 1 aliphatic rings. The van der Waals surface area contributed by atoms with Crippen LogP contribution in [-0.2, 0) is 0 Å². The van der Waals surface area contributed by atoms with Crippen LogP contribution >= 0.6 is 0 Å². The summed E-state index contributed by atoms with van der Waals surface area (Å²) in [5.41, 5.74) is 1.50. The van der Waals surface area contributed by atoms with Gasteiger partial charge in [0.1, 0.15) is 11.4 Å². The van der Waals surface area contributed by atoms with Gasteiger partial charge in [0.15, 0.2) is 0 Å². The summed E-state index contributed by atoms with van der Waals surface area (Å²) in [7, 11) is 0. The van der Waals surface area contributed by atoms with Gasteiger partial charge in [0.25, 0.3) is 11.5 Å². The lowest BCUT2D eigenvalue weighted by Gasteiger charge is -2.31. The molecule has 1 saturated heterocycles. The summed E-state index contributed by atoms with van der Waals surface area (Å²) in [5.74, 6) is 0.993. The fourth-order valence-electron chi connectivity index (χ4n) is 3.65. The van der Waals surface area contributed by atoms with E-state index in [1.165, 1.54) is 6.07 Å². The van der Waals surface area contributed by atoms with E-state index in [9.17, 15) is 9.59 Å². The molecule has 0 aliphatic carbocycles. The van der Waals surface area contributed by atoms with Gasteiger partial charge in [-0.1, -0.05) is 6.07 Å². The van der Waals surface area contributed by atoms with Crippen LogP contribution in [0.15, 0.2) is 53.6 Å². The van der Waals surface area contributed by atoms with E-state index in [1.807, 2.05) is 25.1 Å². The van der Waals surface area contributed by atoms with Crippen LogP contribution in [0, 0.1) is 0 Å². The molecule has 3 aromatic heterocycles. The Labute approximate surface area is 174 Å². The summed E-state index contributed by atoms with van der Waals surface area (Å²) in [6.45, 7) is 3.45. The van der Waals surface area contributed by atoms with E-state index in [0.717, 1.165) is 0 Å². The minimum atomic E-state index is -0.198. The molecule has 0 radical (unpaired) electrons. The minimum absolute atomic E-state index is 0.0747. The minimum Gasteiger partial charge on any atom is -0.477 e. The van der Waals surface area contributed by atoms with Gasteiger partial charge >= 0.3 is 0 Å². The van der Waals surface area contributed by atoms with Gasteiger partial charge in [0.2, 0.25) is 5.88 Å². The number of aromatic amines is 1. The Morgan fingerprint density at radius 1 is 1.13 bits per heavy atom. The number of likely N-dealkylation sites (tertiary alicyclic amines) is 1. The van der Waals surface area contributed by atoms with E-state index in [1.54, 1.807) is 29.4 Å². The zero-order valence-electron chi connectivity index (χ0n) is 16.7. The molecule has 1 aliphatic heterocycles. The molecule has 4 rings (SSSR count). The van der Waals surface area contributed by atoms with Crippen LogP contribution in [0.5, 0.6) is 5.88 Å². The summed E-state index contributed by atoms with van der Waals surface area (Å²) >= 11 is 0. The summed E-state index contributed by atoms with van der Waals surface area (Å²) in [6, 6.07) is 10.5. The Hall–Kier alpha value is -3.55. The Balaban J connectivity index is 1.48. The predicted octanol–water partition coefficient (Wildman–Crippen LogP) is 2.65. The SMILES string of the molecule is CCOc1ncccc1C(=O)N1CCC(c2nc(-c3ccccn3)cc(=O)[nH]2)CC1. The average Bonchev–Trinajstić information content (AvgIpc) is 2.79. The van der Waals surface area contributed by atoms with Crippen molar-refractivity contribution in [3.8, 4) is 17.3 Å². The number of H-pyrrole nitrogens is 1. The maximum atomic E-state index is 13.0. The molecule has 0 unspecified atom stereocenters. The molecule has 0 bridgehead atoms. The molecule has 1 fully saturated rings. The number of nitrogens with zero attached hydrogens (tertiary/aromatic N) is 4. The fraction of sp³-hybridized carbons (Fsp3) is 0.318. The molecule has 0 spiro atoms. The third-order valence-corrected chi connectivity index (χ3v) is 5.14. The first-order chi connectivity index (χ1) is 14.7. The number of pyridine rings is 2. The quantitative estimate of drug-likeness (QED) is 0.700. The highest BCUT2D eigenvalue weighted by molar-refractivity contribution is 5.96. The second-order valence-electron chi connectivity index (χ2n) is 7.09. The summed E-state index contributed by atoms with van der Waals surface area (Å²) in [5, 5.41) is 0. The first kappa shape index (κ1) is 19.8. The molecule has 8 nitrogen and oxygen atoms in total. The molecule has 154 valence electrons. The largest absolute Gasteiger partial charge is 0.477 e. The number of aromatic nitrogens is 4. The zero-order chi connectivity index (χ0) is 20.9. The van der Waals surface area contributed by atoms with E-state index in [-0.39, 0.29) is 17.4 Å². The highest BCUT2D eigenvalue weighted by Gasteiger charge is 2.28. The second kappa shape index (κ2) is 8.86. The lowest BCUT2D eigenvalue weighted by molar-refractivity contribution is 0.0706. The third-order valence-electron chi connectivity index (χ3n) is 5.14. The van der Waals surface area contributed by atoms with Crippen LogP contribution in [0.2, 0.25) is 0 Å². The van der Waals surface area contributed by atoms with Gasteiger partial charge in [0.05, 0.1) is 18.0 Å². The molecule has 0 atom stereocenters. The molecule has 1 amide bonds. The van der Waals surface area contributed by atoms with E-state index < -0.39 is 0 Å². The van der Waals surface area contributed by atoms with Crippen LogP contribution in [0.25, 0.3) is 11.4 Å². The molecule has 0 saturated carbocycles. The number of ether oxygens (including phenoxy) is 1. The summed E-state index contributed by atoms with van der Waals surface area (Å²) in [4.78, 5) is 42.9. The van der Waals surface area contributed by atoms with Crippen molar-refractivity contribution in [3.63, 3.8) is 0 Å². The van der Waals surface area contributed by atoms with Crippen LogP contribution in [0.4, 0.5) is 0 Å². The number of piperidine rings is 1. The third kappa shape index (κ3) is 4.22. The van der Waals surface area contributed by atoms with Gasteiger partial charge in [-0.2, -0.15) is 0 Å². The molecule has 1 N–H and O–H groups in total. The van der Waals surface area contributed by atoms with Crippen molar-refractivity contribution in [2.45, 2.75) is 25.7 Å². The Morgan fingerprint density at radius 3 is 2.67 bits per heavy atom. The van der Waals surface area contributed by atoms with E-state index in [0.29, 0.717) is 61.2 Å². The lowest BCUT2D eigenvalue weighted by Crippen LogP contribution is -2.38. The van der Waals surface area contributed by atoms with Gasteiger partial charge < -0.3 is 14.6 Å². The van der Waals surface area contributed by atoms with Crippen molar-refractivity contribution < 1.29 is 9.53 Å². The van der Waals surface area contributed by atoms with Gasteiger partial charge in [-0.05, 0) is 44.0 Å². The van der Waals surface area contributed by atoms with Crippen LogP contribution in [0.1, 0.15) is 41.9 Å². The maximum Gasteiger partial charge on any atom is 0.259 e. The summed E-state index contributed by atoms with van der Waals surface area (Å²) in [6.07, 6.45) is 4.72. The molecular weight excluding hydrogens is 382 g/mol. The van der Waals surface area contributed by atoms with E-state index >= 15 is 0 Å². The van der Waals surface area contributed by atoms with Gasteiger partial charge in [-0.25, -0.2) is 9.97 Å². The number of hydrogen-bond donors (Lipinski definition) is 1. The van der Waals surface area contributed by atoms with Crippen molar-refractivity contribution in [3.05, 3.63) is 70.5 Å². The molecule has 0 aromatic carbocycles. The first-order valence-electron chi connectivity index (χ1n) is 10.1.